The van der Waals surface area contributed by atoms with Crippen LogP contribution in [0.25, 0.3) is 17.2 Å². The first kappa shape index (κ1) is 24.9. The quantitative estimate of drug-likeness (QED) is 0.267. The van der Waals surface area contributed by atoms with Gasteiger partial charge in [0.25, 0.3) is 0 Å². The van der Waals surface area contributed by atoms with Crippen LogP contribution in [-0.2, 0) is 9.53 Å². The van der Waals surface area contributed by atoms with E-state index < -0.39 is 11.8 Å². The lowest BCUT2D eigenvalue weighted by Crippen LogP contribution is -2.37. The average Bonchev–Trinajstić information content (AvgIpc) is 2.79. The van der Waals surface area contributed by atoms with Crippen molar-refractivity contribution >= 4 is 23.8 Å². The topological polar surface area (TPSA) is 78.9 Å². The molecular weight excluding hydrogens is 411 g/mol. The number of benzene rings is 2. The van der Waals surface area contributed by atoms with E-state index in [-0.39, 0.29) is 24.0 Å². The van der Waals surface area contributed by atoms with E-state index in [4.69, 9.17) is 9.84 Å². The van der Waals surface area contributed by atoms with Crippen molar-refractivity contribution in [2.24, 2.45) is 0 Å². The fourth-order valence-corrected chi connectivity index (χ4v) is 3.16. The fourth-order valence-electron chi connectivity index (χ4n) is 3.16. The molecule has 2 rings (SSSR count). The smallest absolute Gasteiger partial charge is 0.371 e. The van der Waals surface area contributed by atoms with Crippen LogP contribution >= 0.6 is 0 Å². The summed E-state index contributed by atoms with van der Waals surface area (Å²) in [5.74, 6) is -2.14. The normalized spacial score (nSPS) is 11.2. The predicted octanol–water partition coefficient (Wildman–Crippen LogP) is 5.68. The Labute approximate surface area is 188 Å². The molecule has 32 heavy (non-hydrogen) atoms. The Bertz CT molecular complexity index is 959. The summed E-state index contributed by atoms with van der Waals surface area (Å²) in [7, 11) is 1.69. The van der Waals surface area contributed by atoms with Gasteiger partial charge in [0, 0.05) is 24.8 Å². The second-order valence-electron chi connectivity index (χ2n) is 7.38. The zero-order chi connectivity index (χ0) is 23.5. The number of unbranched alkanes of at least 4 members (excludes halogenated alkanes) is 3. The van der Waals surface area contributed by atoms with E-state index in [0.717, 1.165) is 31.2 Å². The zero-order valence-electron chi connectivity index (χ0n) is 18.9. The third-order valence-electron chi connectivity index (χ3n) is 4.98. The molecule has 0 heterocycles. The maximum Gasteiger partial charge on any atom is 0.371 e. The Morgan fingerprint density at radius 2 is 1.84 bits per heavy atom. The number of carbonyl (C=O) groups excluding carboxylic acids is 1. The number of nitrogens with zero attached hydrogens (tertiary/aromatic N) is 1. The molecule has 172 valence electrons. The van der Waals surface area contributed by atoms with Crippen LogP contribution in [0.5, 0.6) is 0 Å². The number of aliphatic carboxylic acids is 1. The van der Waals surface area contributed by atoms with E-state index in [2.05, 4.69) is 12.2 Å². The third-order valence-corrected chi connectivity index (χ3v) is 4.98. The standard InChI is InChI=1S/C25H31FN2O4/c1-4-6-7-8-14-27-25(31)28(3)21-11-9-10-18(15-21)19-12-13-20(22(26)16-19)17-23(24(29)30)32-5-2/h9-13,15-17H,4-8,14H2,1-3H3,(H,27,31)(H,29,30)/b23-17+. The van der Waals surface area contributed by atoms with Gasteiger partial charge in [-0.2, -0.15) is 0 Å². The van der Waals surface area contributed by atoms with Crippen LogP contribution in [0.3, 0.4) is 0 Å². The van der Waals surface area contributed by atoms with E-state index in [1.54, 1.807) is 26.1 Å². The SMILES string of the molecule is CCCCCCNC(=O)N(C)c1cccc(-c2ccc(/C=C(/OCC)C(=O)O)c(F)c2)c1. The van der Waals surface area contributed by atoms with Crippen molar-refractivity contribution in [2.45, 2.75) is 39.5 Å². The molecule has 0 aliphatic rings. The highest BCUT2D eigenvalue weighted by Gasteiger charge is 2.13. The van der Waals surface area contributed by atoms with Crippen molar-refractivity contribution in [1.29, 1.82) is 0 Å². The molecule has 0 aliphatic carbocycles. The Hall–Kier alpha value is -3.35. The minimum atomic E-state index is -1.25. The first-order valence-electron chi connectivity index (χ1n) is 10.9. The highest BCUT2D eigenvalue weighted by Crippen LogP contribution is 2.27. The molecule has 0 bridgehead atoms. The molecule has 0 fully saturated rings. The van der Waals surface area contributed by atoms with Gasteiger partial charge >= 0.3 is 12.0 Å². The maximum absolute atomic E-state index is 14.6. The number of amides is 2. The Morgan fingerprint density at radius 1 is 1.09 bits per heavy atom. The molecule has 0 saturated heterocycles. The number of hydrogen-bond donors (Lipinski definition) is 2. The Morgan fingerprint density at radius 3 is 2.50 bits per heavy atom. The minimum absolute atomic E-state index is 0.121. The lowest BCUT2D eigenvalue weighted by molar-refractivity contribution is -0.136. The van der Waals surface area contributed by atoms with Crippen LogP contribution in [0, 0.1) is 5.82 Å². The second kappa shape index (κ2) is 12.5. The summed E-state index contributed by atoms with van der Waals surface area (Å²) in [6, 6.07) is 11.6. The summed E-state index contributed by atoms with van der Waals surface area (Å²) in [6.45, 7) is 4.60. The third kappa shape index (κ3) is 7.11. The number of halogens is 1. The van der Waals surface area contributed by atoms with Crippen molar-refractivity contribution in [2.75, 3.05) is 25.1 Å². The summed E-state index contributed by atoms with van der Waals surface area (Å²) in [4.78, 5) is 25.2. The minimum Gasteiger partial charge on any atom is -0.487 e. The van der Waals surface area contributed by atoms with Gasteiger partial charge in [-0.1, -0.05) is 50.5 Å². The van der Waals surface area contributed by atoms with Crippen LogP contribution in [-0.4, -0.2) is 37.3 Å². The van der Waals surface area contributed by atoms with Gasteiger partial charge in [0.05, 0.1) is 6.61 Å². The van der Waals surface area contributed by atoms with Crippen LogP contribution in [0.4, 0.5) is 14.9 Å². The number of rotatable bonds is 11. The lowest BCUT2D eigenvalue weighted by atomic mass is 10.0. The first-order chi connectivity index (χ1) is 15.4. The van der Waals surface area contributed by atoms with Crippen LogP contribution < -0.4 is 10.2 Å². The van der Waals surface area contributed by atoms with Crippen LogP contribution in [0.1, 0.15) is 45.1 Å². The number of hydrogen-bond acceptors (Lipinski definition) is 3. The van der Waals surface area contributed by atoms with Crippen LogP contribution in [0.2, 0.25) is 0 Å². The molecule has 7 heteroatoms. The van der Waals surface area contributed by atoms with E-state index in [1.807, 2.05) is 18.2 Å². The van der Waals surface area contributed by atoms with Crippen molar-refractivity contribution in [3.8, 4) is 11.1 Å². The van der Waals surface area contributed by atoms with Crippen molar-refractivity contribution in [3.63, 3.8) is 0 Å². The van der Waals surface area contributed by atoms with Gasteiger partial charge in [-0.25, -0.2) is 14.0 Å². The van der Waals surface area contributed by atoms with Crippen LogP contribution in [0.15, 0.2) is 48.2 Å². The second-order valence-corrected chi connectivity index (χ2v) is 7.38. The summed E-state index contributed by atoms with van der Waals surface area (Å²) in [5.41, 5.74) is 2.16. The van der Waals surface area contributed by atoms with Gasteiger partial charge in [0.2, 0.25) is 5.76 Å². The molecule has 0 saturated carbocycles. The summed E-state index contributed by atoms with van der Waals surface area (Å²) < 4.78 is 19.7. The molecule has 2 aromatic carbocycles. The van der Waals surface area contributed by atoms with Crippen molar-refractivity contribution in [3.05, 3.63) is 59.6 Å². The van der Waals surface area contributed by atoms with E-state index in [9.17, 15) is 14.0 Å². The predicted molar refractivity (Wildman–Crippen MR) is 125 cm³/mol. The van der Waals surface area contributed by atoms with E-state index >= 15 is 0 Å². The number of carboxylic acids is 1. The number of nitrogens with one attached hydrogen (secondary N) is 1. The molecule has 0 unspecified atom stereocenters. The fraction of sp³-hybridized carbons (Fsp3) is 0.360. The number of anilines is 1. The monoisotopic (exact) mass is 442 g/mol. The van der Waals surface area contributed by atoms with Crippen molar-refractivity contribution in [1.82, 2.24) is 5.32 Å². The number of carbonyl (C=O) groups is 2. The zero-order valence-corrected chi connectivity index (χ0v) is 18.9. The van der Waals surface area contributed by atoms with Gasteiger partial charge < -0.3 is 15.2 Å². The molecule has 2 aromatic rings. The molecule has 2 amide bonds. The molecule has 0 aromatic heterocycles. The highest BCUT2D eigenvalue weighted by atomic mass is 19.1. The van der Waals surface area contributed by atoms with Gasteiger partial charge in [0.1, 0.15) is 5.82 Å². The molecule has 0 spiro atoms. The summed E-state index contributed by atoms with van der Waals surface area (Å²) in [6.07, 6.45) is 5.50. The largest absolute Gasteiger partial charge is 0.487 e. The van der Waals surface area contributed by atoms with Gasteiger partial charge in [0.15, 0.2) is 0 Å². The lowest BCUT2D eigenvalue weighted by Gasteiger charge is -2.19. The van der Waals surface area contributed by atoms with E-state index in [0.29, 0.717) is 17.8 Å². The first-order valence-corrected chi connectivity index (χ1v) is 10.9. The van der Waals surface area contributed by atoms with Crippen molar-refractivity contribution < 1.29 is 23.8 Å². The molecule has 0 atom stereocenters. The molecule has 2 N–H and O–H groups in total. The Kier molecular flexibility index (Phi) is 9.73. The molecule has 0 radical (unpaired) electrons. The maximum atomic E-state index is 14.6. The molecule has 6 nitrogen and oxygen atoms in total. The number of carboxylic acid groups (broad SMARTS) is 1. The number of ether oxygens (including phenoxy) is 1. The van der Waals surface area contributed by atoms with Gasteiger partial charge in [-0.3, -0.25) is 4.90 Å². The van der Waals surface area contributed by atoms with Gasteiger partial charge in [-0.15, -0.1) is 0 Å². The van der Waals surface area contributed by atoms with Gasteiger partial charge in [-0.05, 0) is 48.7 Å². The highest BCUT2D eigenvalue weighted by molar-refractivity contribution is 5.92. The summed E-state index contributed by atoms with van der Waals surface area (Å²) >= 11 is 0. The number of urea groups is 1. The van der Waals surface area contributed by atoms with E-state index in [1.165, 1.54) is 23.1 Å². The Balaban J connectivity index is 2.15. The summed E-state index contributed by atoms with van der Waals surface area (Å²) in [5, 5.41) is 12.1. The average molecular weight is 443 g/mol. The molecule has 0 aliphatic heterocycles. The molecular formula is C25H31FN2O4.